The number of benzene rings is 2. The quantitative estimate of drug-likeness (QED) is 0.792. The van der Waals surface area contributed by atoms with Gasteiger partial charge in [0.05, 0.1) is 12.3 Å². The predicted octanol–water partition coefficient (Wildman–Crippen LogP) is 4.15. The number of hydrogen-bond donors (Lipinski definition) is 1. The summed E-state index contributed by atoms with van der Waals surface area (Å²) in [5, 5.41) is 2.59. The van der Waals surface area contributed by atoms with Crippen LogP contribution in [0.2, 0.25) is 0 Å². The van der Waals surface area contributed by atoms with Crippen LogP contribution < -0.4 is 5.32 Å². The van der Waals surface area contributed by atoms with Crippen LogP contribution in [0.25, 0.3) is 6.08 Å². The molecule has 1 heterocycles. The van der Waals surface area contributed by atoms with E-state index in [0.29, 0.717) is 5.69 Å². The molecule has 1 aliphatic heterocycles. The van der Waals surface area contributed by atoms with Crippen molar-refractivity contribution in [2.45, 2.75) is 20.4 Å². The zero-order chi connectivity index (χ0) is 19.4. The summed E-state index contributed by atoms with van der Waals surface area (Å²) in [6.07, 6.45) is 3.30. The molecule has 2 aromatic rings. The number of rotatable bonds is 5. The molecule has 6 heteroatoms. The Morgan fingerprint density at radius 2 is 1.89 bits per heavy atom. The van der Waals surface area contributed by atoms with E-state index in [0.717, 1.165) is 28.5 Å². The van der Waals surface area contributed by atoms with Crippen molar-refractivity contribution >= 4 is 40.6 Å². The molecule has 0 spiro atoms. The van der Waals surface area contributed by atoms with Gasteiger partial charge in [-0.2, -0.15) is 0 Å². The molecule has 0 aromatic heterocycles. The van der Waals surface area contributed by atoms with E-state index in [1.165, 1.54) is 16.5 Å². The Hall–Kier alpha value is -2.86. The van der Waals surface area contributed by atoms with Gasteiger partial charge in [0.2, 0.25) is 11.8 Å². The molecule has 138 valence electrons. The number of carbonyl (C=O) groups excluding carboxylic acids is 3. The van der Waals surface area contributed by atoms with Crippen LogP contribution in [-0.2, 0) is 16.1 Å². The minimum absolute atomic E-state index is 0.168. The van der Waals surface area contributed by atoms with E-state index in [-0.39, 0.29) is 29.4 Å². The molecule has 27 heavy (non-hydrogen) atoms. The molecule has 3 rings (SSSR count). The van der Waals surface area contributed by atoms with E-state index in [4.69, 9.17) is 0 Å². The number of anilines is 1. The van der Waals surface area contributed by atoms with Gasteiger partial charge in [-0.15, -0.1) is 0 Å². The lowest BCUT2D eigenvalue weighted by molar-refractivity contribution is -0.125. The standard InChI is InChI=1S/C21H20N2O3S/c1-14-3-6-17(15(2)11-14)7-10-19(24)22-18-8-4-16(5-9-18)12-23-20(25)13-27-21(23)26/h3-11H,12-13H2,1-2H3,(H,22,24)/b10-7+. The van der Waals surface area contributed by atoms with Crippen molar-refractivity contribution < 1.29 is 14.4 Å². The Morgan fingerprint density at radius 1 is 1.15 bits per heavy atom. The fourth-order valence-electron chi connectivity index (χ4n) is 2.77. The van der Waals surface area contributed by atoms with Crippen LogP contribution in [0.1, 0.15) is 22.3 Å². The van der Waals surface area contributed by atoms with Crippen LogP contribution in [0.5, 0.6) is 0 Å². The molecule has 5 nitrogen and oxygen atoms in total. The van der Waals surface area contributed by atoms with Gasteiger partial charge in [-0.1, -0.05) is 47.7 Å². The molecule has 0 unspecified atom stereocenters. The number of amides is 3. The third kappa shape index (κ3) is 4.86. The van der Waals surface area contributed by atoms with Gasteiger partial charge in [-0.25, -0.2) is 0 Å². The van der Waals surface area contributed by atoms with Gasteiger partial charge < -0.3 is 5.32 Å². The summed E-state index contributed by atoms with van der Waals surface area (Å²) in [6.45, 7) is 4.30. The van der Waals surface area contributed by atoms with Crippen molar-refractivity contribution in [3.05, 3.63) is 70.8 Å². The maximum atomic E-state index is 12.1. The topological polar surface area (TPSA) is 66.5 Å². The van der Waals surface area contributed by atoms with E-state index in [1.807, 2.05) is 26.0 Å². The summed E-state index contributed by atoms with van der Waals surface area (Å²) >= 11 is 1.02. The number of carbonyl (C=O) groups is 3. The summed E-state index contributed by atoms with van der Waals surface area (Å²) in [6, 6.07) is 13.2. The Balaban J connectivity index is 1.59. The molecule has 0 bridgehead atoms. The Kier molecular flexibility index (Phi) is 5.76. The van der Waals surface area contributed by atoms with Gasteiger partial charge >= 0.3 is 0 Å². The molecule has 1 saturated heterocycles. The van der Waals surface area contributed by atoms with Crippen LogP contribution in [0.3, 0.4) is 0 Å². The summed E-state index contributed by atoms with van der Waals surface area (Å²) in [5.41, 5.74) is 4.80. The van der Waals surface area contributed by atoms with Crippen LogP contribution in [0, 0.1) is 13.8 Å². The Labute approximate surface area is 162 Å². The van der Waals surface area contributed by atoms with Crippen molar-refractivity contribution in [2.75, 3.05) is 11.1 Å². The number of hydrogen-bond acceptors (Lipinski definition) is 4. The average Bonchev–Trinajstić information content (AvgIpc) is 2.94. The SMILES string of the molecule is Cc1ccc(/C=C/C(=O)Nc2ccc(CN3C(=O)CSC3=O)cc2)c(C)c1. The molecule has 3 amide bonds. The first kappa shape index (κ1) is 18.9. The molecule has 0 saturated carbocycles. The number of imide groups is 1. The zero-order valence-corrected chi connectivity index (χ0v) is 16.0. The summed E-state index contributed by atoms with van der Waals surface area (Å²) in [5.74, 6) is -0.178. The summed E-state index contributed by atoms with van der Waals surface area (Å²) in [7, 11) is 0. The highest BCUT2D eigenvalue weighted by Crippen LogP contribution is 2.22. The monoisotopic (exact) mass is 380 g/mol. The lowest BCUT2D eigenvalue weighted by atomic mass is 10.1. The number of aryl methyl sites for hydroxylation is 2. The molecule has 1 fully saturated rings. The van der Waals surface area contributed by atoms with E-state index in [2.05, 4.69) is 11.4 Å². The maximum Gasteiger partial charge on any atom is 0.289 e. The average molecular weight is 380 g/mol. The van der Waals surface area contributed by atoms with Crippen LogP contribution in [0.4, 0.5) is 10.5 Å². The molecule has 2 aromatic carbocycles. The van der Waals surface area contributed by atoms with Crippen molar-refractivity contribution in [1.29, 1.82) is 0 Å². The van der Waals surface area contributed by atoms with E-state index in [1.54, 1.807) is 30.3 Å². The second-order valence-corrected chi connectivity index (χ2v) is 7.34. The van der Waals surface area contributed by atoms with E-state index in [9.17, 15) is 14.4 Å². The fourth-order valence-corrected chi connectivity index (χ4v) is 3.50. The Bertz CT molecular complexity index is 904. The van der Waals surface area contributed by atoms with Crippen molar-refractivity contribution in [3.8, 4) is 0 Å². The van der Waals surface area contributed by atoms with Crippen LogP contribution >= 0.6 is 11.8 Å². The largest absolute Gasteiger partial charge is 0.323 e. The molecule has 1 N–H and O–H groups in total. The minimum atomic E-state index is -0.218. The lowest BCUT2D eigenvalue weighted by Gasteiger charge is -2.13. The zero-order valence-electron chi connectivity index (χ0n) is 15.2. The highest BCUT2D eigenvalue weighted by atomic mass is 32.2. The maximum absolute atomic E-state index is 12.1. The highest BCUT2D eigenvalue weighted by molar-refractivity contribution is 8.14. The fraction of sp³-hybridized carbons (Fsp3) is 0.190. The Morgan fingerprint density at radius 3 is 2.52 bits per heavy atom. The first-order valence-electron chi connectivity index (χ1n) is 8.55. The van der Waals surface area contributed by atoms with Gasteiger partial charge in [-0.3, -0.25) is 19.3 Å². The second-order valence-electron chi connectivity index (χ2n) is 6.41. The molecular weight excluding hydrogens is 360 g/mol. The number of nitrogens with one attached hydrogen (secondary N) is 1. The molecule has 1 aliphatic rings. The second kappa shape index (κ2) is 8.22. The highest BCUT2D eigenvalue weighted by Gasteiger charge is 2.29. The van der Waals surface area contributed by atoms with Gasteiger partial charge in [0.25, 0.3) is 5.24 Å². The minimum Gasteiger partial charge on any atom is -0.323 e. The third-order valence-electron chi connectivity index (χ3n) is 4.24. The smallest absolute Gasteiger partial charge is 0.289 e. The van der Waals surface area contributed by atoms with Crippen LogP contribution in [-0.4, -0.2) is 27.7 Å². The van der Waals surface area contributed by atoms with Crippen LogP contribution in [0.15, 0.2) is 48.5 Å². The third-order valence-corrected chi connectivity index (χ3v) is 5.10. The predicted molar refractivity (Wildman–Crippen MR) is 108 cm³/mol. The van der Waals surface area contributed by atoms with E-state index >= 15 is 0 Å². The molecule has 0 aliphatic carbocycles. The molecule has 0 radical (unpaired) electrons. The van der Waals surface area contributed by atoms with Gasteiger partial charge in [0, 0.05) is 11.8 Å². The van der Waals surface area contributed by atoms with Gasteiger partial charge in [-0.05, 0) is 48.7 Å². The van der Waals surface area contributed by atoms with Gasteiger partial charge in [0.15, 0.2) is 0 Å². The normalized spacial score (nSPS) is 14.2. The number of nitrogens with zero attached hydrogens (tertiary/aromatic N) is 1. The summed E-state index contributed by atoms with van der Waals surface area (Å²) in [4.78, 5) is 36.6. The first-order valence-corrected chi connectivity index (χ1v) is 9.53. The first-order chi connectivity index (χ1) is 12.9. The molecular formula is C21H20N2O3S. The number of thioether (sulfide) groups is 1. The van der Waals surface area contributed by atoms with Gasteiger partial charge in [0.1, 0.15) is 0 Å². The lowest BCUT2D eigenvalue weighted by Crippen LogP contribution is -2.27. The molecule has 0 atom stereocenters. The van der Waals surface area contributed by atoms with Crippen molar-refractivity contribution in [2.24, 2.45) is 0 Å². The van der Waals surface area contributed by atoms with Crippen molar-refractivity contribution in [3.63, 3.8) is 0 Å². The van der Waals surface area contributed by atoms with Crippen molar-refractivity contribution in [1.82, 2.24) is 4.90 Å². The van der Waals surface area contributed by atoms with E-state index < -0.39 is 0 Å². The summed E-state index contributed by atoms with van der Waals surface area (Å²) < 4.78 is 0.